The number of rotatable bonds is 5. The Morgan fingerprint density at radius 2 is 2.07 bits per heavy atom. The van der Waals surface area contributed by atoms with Crippen molar-refractivity contribution in [2.24, 2.45) is 0 Å². The Balaban J connectivity index is 1.57. The number of aromatic nitrogens is 2. The van der Waals surface area contributed by atoms with Crippen LogP contribution in [0.4, 0.5) is 10.5 Å². The summed E-state index contributed by atoms with van der Waals surface area (Å²) in [6.07, 6.45) is 1.19. The lowest BCUT2D eigenvalue weighted by atomic mass is 10.1. The lowest BCUT2D eigenvalue weighted by Gasteiger charge is -2.27. The molecule has 9 heteroatoms. The molecule has 1 fully saturated rings. The average Bonchev–Trinajstić information content (AvgIpc) is 3.30. The number of carbonyl (C=O) groups excluding carboxylic acids is 2. The van der Waals surface area contributed by atoms with Crippen LogP contribution in [0.5, 0.6) is 0 Å². The van der Waals surface area contributed by atoms with E-state index in [2.05, 4.69) is 15.5 Å². The number of hydrogen-bond acceptors (Lipinski definition) is 7. The minimum atomic E-state index is -0.566. The fourth-order valence-corrected chi connectivity index (χ4v) is 3.73. The highest BCUT2D eigenvalue weighted by atomic mass is 32.2. The first kappa shape index (κ1) is 22.1. The molecule has 0 unspecified atom stereocenters. The standard InChI is InChI=1S/C21H28N4O4S/c1-13-8-9-14(2)15(11-13)22-17(26)12-30-19-24-23-18(28-19)16-7-6-10-25(16)20(27)29-21(3,4)5/h8-9,11,16H,6-7,10,12H2,1-5H3,(H,22,26)/t16-/m0/s1. The van der Waals surface area contributed by atoms with Gasteiger partial charge < -0.3 is 14.5 Å². The summed E-state index contributed by atoms with van der Waals surface area (Å²) in [5.41, 5.74) is 2.31. The van der Waals surface area contributed by atoms with Gasteiger partial charge in [-0.1, -0.05) is 23.9 Å². The fourth-order valence-electron chi connectivity index (χ4n) is 3.16. The highest BCUT2D eigenvalue weighted by Gasteiger charge is 2.36. The molecule has 2 amide bonds. The molecule has 1 saturated heterocycles. The number of carbonyl (C=O) groups is 2. The number of thioether (sulfide) groups is 1. The highest BCUT2D eigenvalue weighted by molar-refractivity contribution is 7.99. The molecular weight excluding hydrogens is 404 g/mol. The van der Waals surface area contributed by atoms with Crippen molar-refractivity contribution < 1.29 is 18.7 Å². The van der Waals surface area contributed by atoms with Crippen LogP contribution < -0.4 is 5.32 Å². The van der Waals surface area contributed by atoms with E-state index in [0.29, 0.717) is 17.7 Å². The number of benzene rings is 1. The third kappa shape index (κ3) is 5.75. The molecule has 1 aliphatic heterocycles. The molecule has 0 radical (unpaired) electrons. The normalized spacial score (nSPS) is 16.6. The molecule has 162 valence electrons. The first-order valence-corrected chi connectivity index (χ1v) is 10.9. The molecule has 0 spiro atoms. The van der Waals surface area contributed by atoms with E-state index in [4.69, 9.17) is 9.15 Å². The van der Waals surface area contributed by atoms with Gasteiger partial charge in [0.05, 0.1) is 5.75 Å². The van der Waals surface area contributed by atoms with E-state index in [-0.39, 0.29) is 23.8 Å². The molecular formula is C21H28N4O4S. The molecule has 3 rings (SSSR count). The molecule has 2 aromatic rings. The Morgan fingerprint density at radius 3 is 2.80 bits per heavy atom. The Labute approximate surface area is 180 Å². The second-order valence-electron chi connectivity index (χ2n) is 8.39. The second kappa shape index (κ2) is 9.07. The highest BCUT2D eigenvalue weighted by Crippen LogP contribution is 2.33. The maximum atomic E-state index is 12.4. The second-order valence-corrected chi connectivity index (χ2v) is 9.32. The summed E-state index contributed by atoms with van der Waals surface area (Å²) >= 11 is 1.17. The van der Waals surface area contributed by atoms with E-state index < -0.39 is 5.60 Å². The van der Waals surface area contributed by atoms with Crippen LogP contribution in [-0.2, 0) is 9.53 Å². The van der Waals surface area contributed by atoms with Gasteiger partial charge in [-0.15, -0.1) is 10.2 Å². The zero-order valence-electron chi connectivity index (χ0n) is 18.0. The van der Waals surface area contributed by atoms with Crippen molar-refractivity contribution in [1.82, 2.24) is 15.1 Å². The Hall–Kier alpha value is -2.55. The summed E-state index contributed by atoms with van der Waals surface area (Å²) < 4.78 is 11.2. The number of nitrogens with one attached hydrogen (secondary N) is 1. The molecule has 0 bridgehead atoms. The predicted molar refractivity (Wildman–Crippen MR) is 114 cm³/mol. The Bertz CT molecular complexity index is 922. The van der Waals surface area contributed by atoms with Crippen LogP contribution >= 0.6 is 11.8 Å². The molecule has 8 nitrogen and oxygen atoms in total. The van der Waals surface area contributed by atoms with Gasteiger partial charge in [-0.25, -0.2) is 4.79 Å². The zero-order valence-corrected chi connectivity index (χ0v) is 18.8. The van der Waals surface area contributed by atoms with Crippen molar-refractivity contribution in [3.63, 3.8) is 0 Å². The molecule has 0 saturated carbocycles. The number of ether oxygens (including phenoxy) is 1. The molecule has 1 aliphatic rings. The maximum absolute atomic E-state index is 12.4. The van der Waals surface area contributed by atoms with Crippen LogP contribution in [0.2, 0.25) is 0 Å². The van der Waals surface area contributed by atoms with Gasteiger partial charge in [0.25, 0.3) is 5.22 Å². The van der Waals surface area contributed by atoms with Gasteiger partial charge in [-0.05, 0) is 64.7 Å². The smallest absolute Gasteiger partial charge is 0.410 e. The minimum Gasteiger partial charge on any atom is -0.444 e. The van der Waals surface area contributed by atoms with Gasteiger partial charge in [-0.3, -0.25) is 9.69 Å². The van der Waals surface area contributed by atoms with Gasteiger partial charge in [0.1, 0.15) is 11.6 Å². The van der Waals surface area contributed by atoms with Crippen molar-refractivity contribution in [2.75, 3.05) is 17.6 Å². The van der Waals surface area contributed by atoms with Crippen molar-refractivity contribution in [1.29, 1.82) is 0 Å². The first-order valence-electron chi connectivity index (χ1n) is 9.95. The number of hydrogen-bond donors (Lipinski definition) is 1. The van der Waals surface area contributed by atoms with Gasteiger partial charge in [0, 0.05) is 12.2 Å². The zero-order chi connectivity index (χ0) is 21.9. The maximum Gasteiger partial charge on any atom is 0.410 e. The van der Waals surface area contributed by atoms with Crippen molar-refractivity contribution in [3.05, 3.63) is 35.2 Å². The molecule has 1 atom stereocenters. The third-order valence-corrected chi connectivity index (χ3v) is 5.40. The van der Waals surface area contributed by atoms with E-state index in [1.807, 2.05) is 52.8 Å². The summed E-state index contributed by atoms with van der Waals surface area (Å²) in [6.45, 7) is 10.0. The van der Waals surface area contributed by atoms with Gasteiger partial charge in [0.15, 0.2) is 0 Å². The van der Waals surface area contributed by atoms with Crippen LogP contribution in [0.3, 0.4) is 0 Å². The van der Waals surface area contributed by atoms with Crippen molar-refractivity contribution in [2.45, 2.75) is 64.3 Å². The van der Waals surface area contributed by atoms with Crippen LogP contribution in [0.15, 0.2) is 27.8 Å². The van der Waals surface area contributed by atoms with Gasteiger partial charge >= 0.3 is 6.09 Å². The molecule has 30 heavy (non-hydrogen) atoms. The van der Waals surface area contributed by atoms with Crippen LogP contribution in [-0.4, -0.2) is 45.0 Å². The summed E-state index contributed by atoms with van der Waals surface area (Å²) in [6, 6.07) is 5.61. The Morgan fingerprint density at radius 1 is 1.30 bits per heavy atom. The van der Waals surface area contributed by atoms with Gasteiger partial charge in [-0.2, -0.15) is 0 Å². The van der Waals surface area contributed by atoms with Crippen molar-refractivity contribution >= 4 is 29.4 Å². The predicted octanol–water partition coefficient (Wildman–Crippen LogP) is 4.49. The SMILES string of the molecule is Cc1ccc(C)c(NC(=O)CSc2nnc([C@@H]3CCCN3C(=O)OC(C)(C)C)o2)c1. The minimum absolute atomic E-state index is 0.148. The van der Waals surface area contributed by atoms with E-state index in [1.165, 1.54) is 11.8 Å². The van der Waals surface area contributed by atoms with Crippen LogP contribution in [0.1, 0.15) is 56.7 Å². The summed E-state index contributed by atoms with van der Waals surface area (Å²) in [7, 11) is 0. The topological polar surface area (TPSA) is 97.6 Å². The van der Waals surface area contributed by atoms with Gasteiger partial charge in [0.2, 0.25) is 11.8 Å². The number of nitrogens with zero attached hydrogens (tertiary/aromatic N) is 3. The lowest BCUT2D eigenvalue weighted by molar-refractivity contribution is -0.113. The molecule has 0 aliphatic carbocycles. The average molecular weight is 433 g/mol. The largest absolute Gasteiger partial charge is 0.444 e. The fraction of sp³-hybridized carbons (Fsp3) is 0.524. The third-order valence-electron chi connectivity index (χ3n) is 4.58. The van der Waals surface area contributed by atoms with E-state index in [9.17, 15) is 9.59 Å². The quantitative estimate of drug-likeness (QED) is 0.695. The molecule has 1 aromatic heterocycles. The number of amides is 2. The monoisotopic (exact) mass is 432 g/mol. The molecule has 1 N–H and O–H groups in total. The lowest BCUT2D eigenvalue weighted by Crippen LogP contribution is -2.36. The number of aryl methyl sites for hydroxylation is 2. The Kier molecular flexibility index (Phi) is 6.70. The molecule has 2 heterocycles. The summed E-state index contributed by atoms with van der Waals surface area (Å²) in [5.74, 6) is 0.371. The summed E-state index contributed by atoms with van der Waals surface area (Å²) in [5, 5.41) is 11.3. The van der Waals surface area contributed by atoms with Crippen LogP contribution in [0, 0.1) is 13.8 Å². The van der Waals surface area contributed by atoms with E-state index >= 15 is 0 Å². The summed E-state index contributed by atoms with van der Waals surface area (Å²) in [4.78, 5) is 26.4. The number of anilines is 1. The van der Waals surface area contributed by atoms with Crippen molar-refractivity contribution in [3.8, 4) is 0 Å². The van der Waals surface area contributed by atoms with E-state index in [1.54, 1.807) is 4.90 Å². The number of likely N-dealkylation sites (tertiary alicyclic amines) is 1. The van der Waals surface area contributed by atoms with E-state index in [0.717, 1.165) is 29.7 Å². The van der Waals surface area contributed by atoms with Crippen LogP contribution in [0.25, 0.3) is 0 Å². The molecule has 1 aromatic carbocycles. The first-order chi connectivity index (χ1) is 14.1.